The third-order valence-corrected chi connectivity index (χ3v) is 2.40. The molecule has 0 saturated carbocycles. The van der Waals surface area contributed by atoms with E-state index in [1.165, 1.54) is 0 Å². The topological polar surface area (TPSA) is 42.0 Å². The van der Waals surface area contributed by atoms with Crippen molar-refractivity contribution in [2.24, 2.45) is 0 Å². The van der Waals surface area contributed by atoms with E-state index in [4.69, 9.17) is 0 Å². The van der Waals surface area contributed by atoms with Crippen LogP contribution in [0, 0.1) is 0 Å². The van der Waals surface area contributed by atoms with Gasteiger partial charge >= 0.3 is 0 Å². The lowest BCUT2D eigenvalue weighted by Gasteiger charge is -2.07. The van der Waals surface area contributed by atoms with Crippen LogP contribution < -0.4 is 5.32 Å². The maximum Gasteiger partial charge on any atom is 0.224 e. The second-order valence-electron chi connectivity index (χ2n) is 3.67. The SMILES string of the molecule is CCCC(=O)Nc1cccc2ncccc12. The van der Waals surface area contributed by atoms with Crippen molar-refractivity contribution in [2.75, 3.05) is 5.32 Å². The minimum Gasteiger partial charge on any atom is -0.325 e. The highest BCUT2D eigenvalue weighted by Gasteiger charge is 2.04. The Hall–Kier alpha value is -1.90. The molecule has 1 N–H and O–H groups in total. The zero-order valence-electron chi connectivity index (χ0n) is 9.23. The molecule has 0 saturated heterocycles. The summed E-state index contributed by atoms with van der Waals surface area (Å²) in [6, 6.07) is 9.57. The van der Waals surface area contributed by atoms with Gasteiger partial charge in [0.15, 0.2) is 0 Å². The highest BCUT2D eigenvalue weighted by molar-refractivity contribution is 6.00. The Morgan fingerprint density at radius 3 is 3.00 bits per heavy atom. The zero-order chi connectivity index (χ0) is 11.4. The van der Waals surface area contributed by atoms with Crippen LogP contribution in [0.25, 0.3) is 10.9 Å². The lowest BCUT2D eigenvalue weighted by atomic mass is 10.2. The molecule has 1 amide bonds. The minimum atomic E-state index is 0.0545. The predicted molar refractivity (Wildman–Crippen MR) is 65.3 cm³/mol. The molecule has 0 unspecified atom stereocenters. The first-order chi connectivity index (χ1) is 7.81. The number of hydrogen-bond acceptors (Lipinski definition) is 2. The summed E-state index contributed by atoms with van der Waals surface area (Å²) < 4.78 is 0. The van der Waals surface area contributed by atoms with Gasteiger partial charge in [0.05, 0.1) is 11.2 Å². The van der Waals surface area contributed by atoms with Crippen molar-refractivity contribution in [3.8, 4) is 0 Å². The number of hydrogen-bond donors (Lipinski definition) is 1. The van der Waals surface area contributed by atoms with Gasteiger partial charge in [-0.1, -0.05) is 13.0 Å². The van der Waals surface area contributed by atoms with Gasteiger partial charge < -0.3 is 5.32 Å². The van der Waals surface area contributed by atoms with E-state index in [0.717, 1.165) is 23.0 Å². The molecular weight excluding hydrogens is 200 g/mol. The summed E-state index contributed by atoms with van der Waals surface area (Å²) in [6.45, 7) is 1.99. The fraction of sp³-hybridized carbons (Fsp3) is 0.231. The number of pyridine rings is 1. The van der Waals surface area contributed by atoms with Gasteiger partial charge in [-0.15, -0.1) is 0 Å². The molecule has 2 rings (SSSR count). The average Bonchev–Trinajstić information content (AvgIpc) is 2.30. The van der Waals surface area contributed by atoms with Crippen molar-refractivity contribution in [2.45, 2.75) is 19.8 Å². The largest absolute Gasteiger partial charge is 0.325 e. The molecule has 0 radical (unpaired) electrons. The highest BCUT2D eigenvalue weighted by atomic mass is 16.1. The average molecular weight is 214 g/mol. The number of carbonyl (C=O) groups excluding carboxylic acids is 1. The molecule has 0 fully saturated rings. The first-order valence-corrected chi connectivity index (χ1v) is 5.45. The summed E-state index contributed by atoms with van der Waals surface area (Å²) in [5.41, 5.74) is 1.74. The van der Waals surface area contributed by atoms with Crippen molar-refractivity contribution >= 4 is 22.5 Å². The molecule has 0 atom stereocenters. The molecule has 82 valence electrons. The maximum atomic E-state index is 11.5. The molecular formula is C13H14N2O. The summed E-state index contributed by atoms with van der Waals surface area (Å²) in [7, 11) is 0. The van der Waals surface area contributed by atoms with Crippen LogP contribution in [0.15, 0.2) is 36.5 Å². The van der Waals surface area contributed by atoms with Gasteiger partial charge in [-0.25, -0.2) is 0 Å². The number of anilines is 1. The second kappa shape index (κ2) is 4.75. The molecule has 0 bridgehead atoms. The number of rotatable bonds is 3. The van der Waals surface area contributed by atoms with Crippen LogP contribution in [-0.2, 0) is 4.79 Å². The van der Waals surface area contributed by atoms with Gasteiger partial charge in [-0.3, -0.25) is 9.78 Å². The van der Waals surface area contributed by atoms with Crippen LogP contribution in [-0.4, -0.2) is 10.9 Å². The van der Waals surface area contributed by atoms with Crippen LogP contribution in [0.4, 0.5) is 5.69 Å². The Bertz CT molecular complexity index is 503. The Labute approximate surface area is 94.5 Å². The molecule has 1 heterocycles. The quantitative estimate of drug-likeness (QED) is 0.853. The Balaban J connectivity index is 2.33. The first-order valence-electron chi connectivity index (χ1n) is 5.45. The summed E-state index contributed by atoms with van der Waals surface area (Å²) in [4.78, 5) is 15.8. The monoisotopic (exact) mass is 214 g/mol. The summed E-state index contributed by atoms with van der Waals surface area (Å²) in [6.07, 6.45) is 3.16. The fourth-order valence-corrected chi connectivity index (χ4v) is 1.65. The van der Waals surface area contributed by atoms with Crippen molar-refractivity contribution in [1.29, 1.82) is 0 Å². The second-order valence-corrected chi connectivity index (χ2v) is 3.67. The van der Waals surface area contributed by atoms with Crippen LogP contribution in [0.5, 0.6) is 0 Å². The van der Waals surface area contributed by atoms with Crippen molar-refractivity contribution in [3.63, 3.8) is 0 Å². The van der Waals surface area contributed by atoms with E-state index in [2.05, 4.69) is 10.3 Å². The maximum absolute atomic E-state index is 11.5. The molecule has 3 heteroatoms. The molecule has 1 aromatic heterocycles. The fourth-order valence-electron chi connectivity index (χ4n) is 1.65. The number of nitrogens with zero attached hydrogens (tertiary/aromatic N) is 1. The Kier molecular flexibility index (Phi) is 3.15. The van der Waals surface area contributed by atoms with E-state index in [1.54, 1.807) is 6.20 Å². The van der Waals surface area contributed by atoms with Gasteiger partial charge in [-0.2, -0.15) is 0 Å². The number of aromatic nitrogens is 1. The first kappa shape index (κ1) is 10.6. The number of carbonyl (C=O) groups is 1. The van der Waals surface area contributed by atoms with Crippen molar-refractivity contribution in [3.05, 3.63) is 36.5 Å². The zero-order valence-corrected chi connectivity index (χ0v) is 9.23. The van der Waals surface area contributed by atoms with Crippen LogP contribution >= 0.6 is 0 Å². The summed E-state index contributed by atoms with van der Waals surface area (Å²) in [5, 5.41) is 3.89. The molecule has 0 aliphatic carbocycles. The molecule has 16 heavy (non-hydrogen) atoms. The van der Waals surface area contributed by atoms with Crippen molar-refractivity contribution in [1.82, 2.24) is 4.98 Å². The molecule has 0 aliphatic heterocycles. The number of fused-ring (bicyclic) bond motifs is 1. The number of amides is 1. The van der Waals surface area contributed by atoms with E-state index in [0.29, 0.717) is 6.42 Å². The minimum absolute atomic E-state index is 0.0545. The van der Waals surface area contributed by atoms with Crippen molar-refractivity contribution < 1.29 is 4.79 Å². The van der Waals surface area contributed by atoms with Gasteiger partial charge in [0.2, 0.25) is 5.91 Å². The third kappa shape index (κ3) is 2.19. The lowest BCUT2D eigenvalue weighted by Crippen LogP contribution is -2.10. The lowest BCUT2D eigenvalue weighted by molar-refractivity contribution is -0.116. The van der Waals surface area contributed by atoms with Crippen LogP contribution in [0.1, 0.15) is 19.8 Å². The van der Waals surface area contributed by atoms with Gasteiger partial charge in [-0.05, 0) is 30.7 Å². The van der Waals surface area contributed by atoms with E-state index in [-0.39, 0.29) is 5.91 Å². The normalized spacial score (nSPS) is 10.3. The van der Waals surface area contributed by atoms with Gasteiger partial charge in [0.1, 0.15) is 0 Å². The summed E-state index contributed by atoms with van der Waals surface area (Å²) >= 11 is 0. The smallest absolute Gasteiger partial charge is 0.224 e. The van der Waals surface area contributed by atoms with Gasteiger partial charge in [0.25, 0.3) is 0 Å². The van der Waals surface area contributed by atoms with E-state index >= 15 is 0 Å². The molecule has 1 aromatic carbocycles. The van der Waals surface area contributed by atoms with Gasteiger partial charge in [0, 0.05) is 18.0 Å². The standard InChI is InChI=1S/C13H14N2O/c1-2-5-13(16)15-12-8-3-7-11-10(12)6-4-9-14-11/h3-4,6-9H,2,5H2,1H3,(H,15,16). The highest BCUT2D eigenvalue weighted by Crippen LogP contribution is 2.21. The Morgan fingerprint density at radius 1 is 1.31 bits per heavy atom. The van der Waals surface area contributed by atoms with Crippen LogP contribution in [0.2, 0.25) is 0 Å². The number of nitrogens with one attached hydrogen (secondary N) is 1. The predicted octanol–water partition coefficient (Wildman–Crippen LogP) is 2.97. The third-order valence-electron chi connectivity index (χ3n) is 2.40. The van der Waals surface area contributed by atoms with E-state index in [9.17, 15) is 4.79 Å². The Morgan fingerprint density at radius 2 is 2.19 bits per heavy atom. The number of benzene rings is 1. The van der Waals surface area contributed by atoms with E-state index < -0.39 is 0 Å². The molecule has 2 aromatic rings. The molecule has 0 spiro atoms. The summed E-state index contributed by atoms with van der Waals surface area (Å²) in [5.74, 6) is 0.0545. The molecule has 3 nitrogen and oxygen atoms in total. The molecule has 0 aliphatic rings. The van der Waals surface area contributed by atoms with E-state index in [1.807, 2.05) is 37.3 Å². The van der Waals surface area contributed by atoms with Crippen LogP contribution in [0.3, 0.4) is 0 Å².